The lowest BCUT2D eigenvalue weighted by molar-refractivity contribution is 0.0278. The Kier molecular flexibility index (Phi) is 5.20. The van der Waals surface area contributed by atoms with Crippen LogP contribution in [0, 0.1) is 5.92 Å². The van der Waals surface area contributed by atoms with Gasteiger partial charge < -0.3 is 9.73 Å². The molecule has 1 saturated carbocycles. The van der Waals surface area contributed by atoms with Gasteiger partial charge in [-0.15, -0.1) is 0 Å². The number of fused-ring (bicyclic) bond motifs is 3. The van der Waals surface area contributed by atoms with E-state index in [1.165, 1.54) is 49.9 Å². The number of carbonyl (C=O) groups excluding carboxylic acids is 1. The van der Waals surface area contributed by atoms with Crippen molar-refractivity contribution in [3.63, 3.8) is 0 Å². The molecule has 5 heterocycles. The molecule has 2 aromatic heterocycles. The lowest BCUT2D eigenvalue weighted by atomic mass is 9.74. The van der Waals surface area contributed by atoms with E-state index in [9.17, 15) is 4.79 Å². The number of aryl methyl sites for hydroxylation is 1. The number of nitrogens with one attached hydrogen (secondary N) is 1. The molecule has 6 rings (SSSR count). The van der Waals surface area contributed by atoms with Crippen LogP contribution >= 0.6 is 0 Å². The summed E-state index contributed by atoms with van der Waals surface area (Å²) in [5.41, 5.74) is 2.74. The van der Waals surface area contributed by atoms with E-state index in [0.29, 0.717) is 36.1 Å². The molecule has 4 fully saturated rings. The predicted octanol–water partition coefficient (Wildman–Crippen LogP) is 3.67. The number of rotatable bonds is 5. The van der Waals surface area contributed by atoms with Crippen molar-refractivity contribution in [2.45, 2.75) is 62.8 Å². The van der Waals surface area contributed by atoms with E-state index in [4.69, 9.17) is 9.52 Å². The second-order valence-electron chi connectivity index (χ2n) is 9.18. The van der Waals surface area contributed by atoms with Gasteiger partial charge in [0.15, 0.2) is 5.76 Å². The van der Waals surface area contributed by atoms with Gasteiger partial charge in [0.1, 0.15) is 0 Å². The third kappa shape index (κ3) is 3.75. The standard InChI is InChI=1S/C23H32N4O2/c1-26-21(13-20(25-26)16-6-3-2-4-7-16)19-15-27-10-9-17(19)12-18(27)14-24-23(28)22-8-5-11-29-22/h5,8,11,13,16-19H,2-4,6-7,9-10,12,14-15H2,1H3,(H,24,28). The van der Waals surface area contributed by atoms with Crippen molar-refractivity contribution in [2.24, 2.45) is 13.0 Å². The third-order valence-electron chi connectivity index (χ3n) is 7.46. The van der Waals surface area contributed by atoms with E-state index in [2.05, 4.69) is 28.0 Å². The number of amides is 1. The minimum atomic E-state index is -0.113. The van der Waals surface area contributed by atoms with Gasteiger partial charge in [-0.05, 0) is 56.3 Å². The summed E-state index contributed by atoms with van der Waals surface area (Å²) in [6, 6.07) is 6.30. The van der Waals surface area contributed by atoms with Crippen molar-refractivity contribution in [3.05, 3.63) is 41.6 Å². The van der Waals surface area contributed by atoms with Crippen LogP contribution in [0.2, 0.25) is 0 Å². The van der Waals surface area contributed by atoms with Crippen LogP contribution in [-0.4, -0.2) is 46.3 Å². The van der Waals surface area contributed by atoms with Crippen molar-refractivity contribution in [1.29, 1.82) is 0 Å². The molecule has 4 atom stereocenters. The number of aromatic nitrogens is 2. The highest BCUT2D eigenvalue weighted by Gasteiger charge is 2.42. The molecule has 29 heavy (non-hydrogen) atoms. The van der Waals surface area contributed by atoms with E-state index in [-0.39, 0.29) is 5.91 Å². The van der Waals surface area contributed by atoms with E-state index in [1.54, 1.807) is 18.4 Å². The Labute approximate surface area is 172 Å². The summed E-state index contributed by atoms with van der Waals surface area (Å²) >= 11 is 0. The van der Waals surface area contributed by atoms with Gasteiger partial charge in [0.25, 0.3) is 5.91 Å². The zero-order valence-electron chi connectivity index (χ0n) is 17.3. The number of hydrogen-bond donors (Lipinski definition) is 1. The molecule has 0 aromatic carbocycles. The molecule has 4 unspecified atom stereocenters. The topological polar surface area (TPSA) is 63.3 Å². The Bertz CT molecular complexity index is 837. The Balaban J connectivity index is 1.23. The van der Waals surface area contributed by atoms with E-state index < -0.39 is 0 Å². The number of nitrogens with zero attached hydrogens (tertiary/aromatic N) is 3. The van der Waals surface area contributed by atoms with Crippen LogP contribution < -0.4 is 5.32 Å². The van der Waals surface area contributed by atoms with Gasteiger partial charge in [-0.3, -0.25) is 14.4 Å². The highest BCUT2D eigenvalue weighted by Crippen LogP contribution is 2.42. The maximum absolute atomic E-state index is 12.2. The van der Waals surface area contributed by atoms with Gasteiger partial charge >= 0.3 is 0 Å². The number of furan rings is 1. The van der Waals surface area contributed by atoms with Gasteiger partial charge in [-0.2, -0.15) is 5.10 Å². The van der Waals surface area contributed by atoms with E-state index in [1.807, 2.05) is 0 Å². The number of hydrogen-bond acceptors (Lipinski definition) is 4. The van der Waals surface area contributed by atoms with Crippen molar-refractivity contribution >= 4 is 5.91 Å². The van der Waals surface area contributed by atoms with Gasteiger partial charge in [0.2, 0.25) is 0 Å². The van der Waals surface area contributed by atoms with Crippen LogP contribution in [0.15, 0.2) is 28.9 Å². The summed E-state index contributed by atoms with van der Waals surface area (Å²) < 4.78 is 7.36. The Morgan fingerprint density at radius 2 is 2.14 bits per heavy atom. The van der Waals surface area contributed by atoms with Gasteiger partial charge in [-0.1, -0.05) is 19.3 Å². The first-order valence-corrected chi connectivity index (χ1v) is 11.3. The zero-order chi connectivity index (χ0) is 19.8. The van der Waals surface area contributed by atoms with Gasteiger partial charge in [0, 0.05) is 43.7 Å². The maximum Gasteiger partial charge on any atom is 0.287 e. The van der Waals surface area contributed by atoms with E-state index in [0.717, 1.165) is 19.5 Å². The third-order valence-corrected chi connectivity index (χ3v) is 7.46. The van der Waals surface area contributed by atoms with Crippen LogP contribution in [-0.2, 0) is 7.05 Å². The minimum Gasteiger partial charge on any atom is -0.459 e. The minimum absolute atomic E-state index is 0.113. The first-order chi connectivity index (χ1) is 14.2. The lowest BCUT2D eigenvalue weighted by Crippen LogP contribution is -2.56. The summed E-state index contributed by atoms with van der Waals surface area (Å²) in [4.78, 5) is 14.8. The second kappa shape index (κ2) is 7.98. The van der Waals surface area contributed by atoms with Crippen LogP contribution in [0.4, 0.5) is 0 Å². The van der Waals surface area contributed by atoms with Crippen LogP contribution in [0.25, 0.3) is 0 Å². The Morgan fingerprint density at radius 1 is 1.28 bits per heavy atom. The number of carbonyl (C=O) groups is 1. The molecule has 3 aliphatic heterocycles. The molecule has 0 radical (unpaired) electrons. The molecule has 2 aromatic rings. The van der Waals surface area contributed by atoms with Crippen molar-refractivity contribution in [3.8, 4) is 0 Å². The van der Waals surface area contributed by atoms with Crippen LogP contribution in [0.3, 0.4) is 0 Å². The molecular formula is C23H32N4O2. The summed E-state index contributed by atoms with van der Waals surface area (Å²) in [5.74, 6) is 2.19. The zero-order valence-corrected chi connectivity index (χ0v) is 17.3. The first kappa shape index (κ1) is 18.9. The molecule has 0 spiro atoms. The van der Waals surface area contributed by atoms with Gasteiger partial charge in [-0.25, -0.2) is 0 Å². The summed E-state index contributed by atoms with van der Waals surface area (Å²) in [6.45, 7) is 2.91. The highest BCUT2D eigenvalue weighted by atomic mass is 16.3. The molecule has 6 heteroatoms. The van der Waals surface area contributed by atoms with Crippen LogP contribution in [0.1, 0.15) is 78.7 Å². The summed E-state index contributed by atoms with van der Waals surface area (Å²) in [7, 11) is 2.13. The molecule has 1 amide bonds. The molecule has 4 aliphatic rings. The monoisotopic (exact) mass is 396 g/mol. The SMILES string of the molecule is Cn1nc(C2CCCCC2)cc1C1CN2CCC1CC2CNC(=O)c1ccco1. The molecule has 156 valence electrons. The Hall–Kier alpha value is -2.08. The fourth-order valence-corrected chi connectivity index (χ4v) is 5.84. The van der Waals surface area contributed by atoms with Crippen LogP contribution in [0.5, 0.6) is 0 Å². The number of piperidine rings is 3. The molecule has 1 N–H and O–H groups in total. The second-order valence-corrected chi connectivity index (χ2v) is 9.18. The fraction of sp³-hybridized carbons (Fsp3) is 0.652. The highest BCUT2D eigenvalue weighted by molar-refractivity contribution is 5.91. The molecule has 1 aliphatic carbocycles. The van der Waals surface area contributed by atoms with Crippen molar-refractivity contribution in [2.75, 3.05) is 19.6 Å². The molecule has 3 saturated heterocycles. The average Bonchev–Trinajstić information content (AvgIpc) is 3.43. The molecular weight excluding hydrogens is 364 g/mol. The average molecular weight is 397 g/mol. The Morgan fingerprint density at radius 3 is 2.86 bits per heavy atom. The fourth-order valence-electron chi connectivity index (χ4n) is 5.84. The van der Waals surface area contributed by atoms with Crippen molar-refractivity contribution < 1.29 is 9.21 Å². The quantitative estimate of drug-likeness (QED) is 0.838. The van der Waals surface area contributed by atoms with E-state index >= 15 is 0 Å². The lowest BCUT2D eigenvalue weighted by Gasteiger charge is -2.49. The normalized spacial score (nSPS) is 29.8. The molecule has 6 nitrogen and oxygen atoms in total. The first-order valence-electron chi connectivity index (χ1n) is 11.3. The van der Waals surface area contributed by atoms with Gasteiger partial charge in [0.05, 0.1) is 12.0 Å². The largest absolute Gasteiger partial charge is 0.459 e. The molecule has 2 bridgehead atoms. The summed E-state index contributed by atoms with van der Waals surface area (Å²) in [6.07, 6.45) is 10.6. The maximum atomic E-state index is 12.2. The predicted molar refractivity (Wildman–Crippen MR) is 111 cm³/mol. The van der Waals surface area contributed by atoms with Crippen molar-refractivity contribution in [1.82, 2.24) is 20.0 Å². The summed E-state index contributed by atoms with van der Waals surface area (Å²) in [5, 5.41) is 7.99. The smallest absolute Gasteiger partial charge is 0.287 e.